The molecule has 0 aliphatic heterocycles. The maximum Gasteiger partial charge on any atom is 0.375 e. The molecular formula is C9H10F11P. The van der Waals surface area contributed by atoms with E-state index in [0.29, 0.717) is 6.92 Å². The van der Waals surface area contributed by atoms with Crippen LogP contribution in [-0.2, 0) is 0 Å². The molecule has 12 heteroatoms. The number of hydrogen-bond donors (Lipinski definition) is 0. The van der Waals surface area contributed by atoms with Gasteiger partial charge in [-0.25, -0.2) is 4.39 Å². The van der Waals surface area contributed by atoms with Gasteiger partial charge >= 0.3 is 29.6 Å². The van der Waals surface area contributed by atoms with E-state index in [0.717, 1.165) is 0 Å². The van der Waals surface area contributed by atoms with Crippen LogP contribution in [0.5, 0.6) is 0 Å². The van der Waals surface area contributed by atoms with Gasteiger partial charge in [-0.1, -0.05) is 16.2 Å². The van der Waals surface area contributed by atoms with Gasteiger partial charge in [0, 0.05) is 13.3 Å². The fourth-order valence-corrected chi connectivity index (χ4v) is 1.58. The summed E-state index contributed by atoms with van der Waals surface area (Å²) in [5, 5.41) is -6.01. The summed E-state index contributed by atoms with van der Waals surface area (Å²) in [5.74, 6) is -30.9. The Hall–Kier alpha value is -0.340. The monoisotopic (exact) mass is 358 g/mol. The Morgan fingerprint density at radius 2 is 1.00 bits per heavy atom. The first kappa shape index (κ1) is 20.7. The van der Waals surface area contributed by atoms with Gasteiger partial charge < -0.3 is 0 Å². The Morgan fingerprint density at radius 1 is 0.667 bits per heavy atom. The molecule has 0 spiro atoms. The van der Waals surface area contributed by atoms with E-state index < -0.39 is 48.4 Å². The third-order valence-electron chi connectivity index (χ3n) is 2.76. The van der Waals surface area contributed by atoms with Crippen molar-refractivity contribution in [2.24, 2.45) is 0 Å². The SMILES string of the molecule is CCC(F)(F)C(F)(F)C(F)(P)C(F)(F)C(F)(F)C(C)(F)F. The fourth-order valence-electron chi connectivity index (χ4n) is 1.19. The van der Waals surface area contributed by atoms with Crippen LogP contribution < -0.4 is 0 Å². The van der Waals surface area contributed by atoms with Crippen molar-refractivity contribution in [3.63, 3.8) is 0 Å². The van der Waals surface area contributed by atoms with Gasteiger partial charge in [0.25, 0.3) is 5.41 Å². The first-order valence-corrected chi connectivity index (χ1v) is 5.76. The number of rotatable bonds is 6. The van der Waals surface area contributed by atoms with Crippen LogP contribution >= 0.6 is 9.24 Å². The van der Waals surface area contributed by atoms with E-state index in [4.69, 9.17) is 0 Å². The second kappa shape index (κ2) is 5.09. The third-order valence-corrected chi connectivity index (χ3v) is 3.49. The molecule has 0 aliphatic rings. The quantitative estimate of drug-likeness (QED) is 0.456. The first-order valence-electron chi connectivity index (χ1n) is 5.18. The van der Waals surface area contributed by atoms with Gasteiger partial charge in [0.2, 0.25) is 0 Å². The largest absolute Gasteiger partial charge is 0.375 e. The van der Waals surface area contributed by atoms with Crippen molar-refractivity contribution in [3.05, 3.63) is 0 Å². The van der Waals surface area contributed by atoms with Crippen LogP contribution in [0, 0.1) is 0 Å². The summed E-state index contributed by atoms with van der Waals surface area (Å²) in [4.78, 5) is 0. The number of alkyl halides is 11. The number of hydrogen-bond acceptors (Lipinski definition) is 0. The Morgan fingerprint density at radius 3 is 1.24 bits per heavy atom. The first-order chi connectivity index (χ1) is 8.81. The molecule has 0 rings (SSSR count). The van der Waals surface area contributed by atoms with Crippen molar-refractivity contribution in [2.75, 3.05) is 0 Å². The van der Waals surface area contributed by atoms with Gasteiger partial charge in [0.15, 0.2) is 0 Å². The summed E-state index contributed by atoms with van der Waals surface area (Å²) in [6.07, 6.45) is -1.88. The van der Waals surface area contributed by atoms with E-state index in [1.807, 2.05) is 0 Å². The molecule has 128 valence electrons. The van der Waals surface area contributed by atoms with Crippen LogP contribution in [0.2, 0.25) is 0 Å². The zero-order valence-electron chi connectivity index (χ0n) is 10.4. The van der Waals surface area contributed by atoms with Crippen LogP contribution in [0.1, 0.15) is 20.3 Å². The standard InChI is InChI=1S/C9H10F11P/c1-3-5(12,13)7(16,17)9(20,21)8(18,19)6(14,15)4(2,10)11/h3,21H2,1-2H3. The molecule has 0 nitrogen and oxygen atoms in total. The van der Waals surface area contributed by atoms with Crippen molar-refractivity contribution in [3.8, 4) is 0 Å². The summed E-state index contributed by atoms with van der Waals surface area (Å²) < 4.78 is 143. The van der Waals surface area contributed by atoms with Gasteiger partial charge in [-0.2, -0.15) is 43.9 Å². The van der Waals surface area contributed by atoms with E-state index >= 15 is 0 Å². The van der Waals surface area contributed by atoms with Crippen molar-refractivity contribution in [1.82, 2.24) is 0 Å². The highest BCUT2D eigenvalue weighted by atomic mass is 31.0. The van der Waals surface area contributed by atoms with Gasteiger partial charge in [0.1, 0.15) is 0 Å². The molecule has 0 fully saturated rings. The summed E-state index contributed by atoms with van der Waals surface area (Å²) in [7, 11) is -0.192. The molecule has 0 radical (unpaired) electrons. The lowest BCUT2D eigenvalue weighted by Gasteiger charge is -2.43. The van der Waals surface area contributed by atoms with Crippen molar-refractivity contribution in [1.29, 1.82) is 0 Å². The molecular weight excluding hydrogens is 348 g/mol. The summed E-state index contributed by atoms with van der Waals surface area (Å²) in [6, 6.07) is 0. The lowest BCUT2D eigenvalue weighted by Crippen LogP contribution is -2.69. The highest BCUT2D eigenvalue weighted by Gasteiger charge is 2.85. The molecule has 2 atom stereocenters. The predicted molar refractivity (Wildman–Crippen MR) is 54.2 cm³/mol. The average Bonchev–Trinajstić information content (AvgIpc) is 2.26. The average molecular weight is 358 g/mol. The highest BCUT2D eigenvalue weighted by Crippen LogP contribution is 2.62. The normalized spacial score (nSPS) is 18.6. The Labute approximate surface area is 114 Å². The summed E-state index contributed by atoms with van der Waals surface area (Å²) in [5.41, 5.74) is 0. The molecule has 0 N–H and O–H groups in total. The van der Waals surface area contributed by atoms with Crippen LogP contribution in [0.25, 0.3) is 0 Å². The molecule has 0 amide bonds. The molecule has 21 heavy (non-hydrogen) atoms. The Kier molecular flexibility index (Phi) is 5.01. The molecule has 0 aromatic heterocycles. The Bertz CT molecular complexity index is 382. The van der Waals surface area contributed by atoms with Crippen LogP contribution in [0.15, 0.2) is 0 Å². The maximum atomic E-state index is 13.5. The maximum absolute atomic E-state index is 13.5. The molecule has 0 bridgehead atoms. The zero-order chi connectivity index (χ0) is 17.7. The molecule has 0 saturated heterocycles. The number of halogens is 11. The molecule has 0 heterocycles. The molecule has 0 aromatic carbocycles. The van der Waals surface area contributed by atoms with E-state index in [9.17, 15) is 48.3 Å². The van der Waals surface area contributed by atoms with E-state index in [2.05, 4.69) is 0 Å². The molecule has 2 unspecified atom stereocenters. The van der Waals surface area contributed by atoms with E-state index in [-0.39, 0.29) is 9.24 Å². The van der Waals surface area contributed by atoms with Crippen LogP contribution in [0.3, 0.4) is 0 Å². The second-order valence-electron chi connectivity index (χ2n) is 4.38. The topological polar surface area (TPSA) is 0 Å². The van der Waals surface area contributed by atoms with E-state index in [1.54, 1.807) is 0 Å². The zero-order valence-corrected chi connectivity index (χ0v) is 11.6. The van der Waals surface area contributed by atoms with Gasteiger partial charge in [-0.15, -0.1) is 0 Å². The predicted octanol–water partition coefficient (Wildman–Crippen LogP) is 5.13. The van der Waals surface area contributed by atoms with Crippen molar-refractivity contribution in [2.45, 2.75) is 55.3 Å². The van der Waals surface area contributed by atoms with Crippen molar-refractivity contribution >= 4 is 9.24 Å². The third kappa shape index (κ3) is 2.70. The van der Waals surface area contributed by atoms with Crippen LogP contribution in [0.4, 0.5) is 48.3 Å². The molecule has 0 saturated carbocycles. The van der Waals surface area contributed by atoms with Gasteiger partial charge in [-0.3, -0.25) is 0 Å². The van der Waals surface area contributed by atoms with Gasteiger partial charge in [0.05, 0.1) is 0 Å². The fraction of sp³-hybridized carbons (Fsp3) is 1.00. The minimum atomic E-state index is -6.80. The second-order valence-corrected chi connectivity index (χ2v) is 5.18. The lowest BCUT2D eigenvalue weighted by atomic mass is 9.92. The Balaban J connectivity index is 6.14. The highest BCUT2D eigenvalue weighted by molar-refractivity contribution is 7.19. The summed E-state index contributed by atoms with van der Waals surface area (Å²) in [6.45, 7) is -0.433. The van der Waals surface area contributed by atoms with Crippen LogP contribution in [-0.4, -0.2) is 35.0 Å². The molecule has 0 aromatic rings. The minimum Gasteiger partial charge on any atom is -0.225 e. The van der Waals surface area contributed by atoms with E-state index in [1.165, 1.54) is 0 Å². The van der Waals surface area contributed by atoms with Gasteiger partial charge in [-0.05, 0) is 0 Å². The van der Waals surface area contributed by atoms with Crippen molar-refractivity contribution < 1.29 is 48.3 Å². The molecule has 0 aliphatic carbocycles. The smallest absolute Gasteiger partial charge is 0.225 e. The lowest BCUT2D eigenvalue weighted by molar-refractivity contribution is -0.367. The minimum absolute atomic E-state index is 0.192. The summed E-state index contributed by atoms with van der Waals surface area (Å²) >= 11 is 0.